The van der Waals surface area contributed by atoms with Gasteiger partial charge in [0.25, 0.3) is 0 Å². The van der Waals surface area contributed by atoms with E-state index in [1.54, 1.807) is 0 Å². The summed E-state index contributed by atoms with van der Waals surface area (Å²) in [6.07, 6.45) is 17.3. The van der Waals surface area contributed by atoms with E-state index in [4.69, 9.17) is 5.11 Å². The van der Waals surface area contributed by atoms with Gasteiger partial charge in [0.05, 0.1) is 0 Å². The number of carbonyl (C=O) groups is 1. The Bertz CT molecular complexity index is 170. The fraction of sp³-hybridized carbons (Fsp3) is 0.944. The first-order valence-corrected chi connectivity index (χ1v) is 8.90. The van der Waals surface area contributed by atoms with Crippen molar-refractivity contribution in [3.05, 3.63) is 0 Å². The van der Waals surface area contributed by atoms with Gasteiger partial charge < -0.3 is 5.11 Å². The van der Waals surface area contributed by atoms with Crippen molar-refractivity contribution in [2.75, 3.05) is 0 Å². The first-order valence-electron chi connectivity index (χ1n) is 8.90. The topological polar surface area (TPSA) is 37.3 Å². The number of hydrogen-bond acceptors (Lipinski definition) is 1. The first-order chi connectivity index (χ1) is 9.68. The van der Waals surface area contributed by atoms with Crippen LogP contribution in [0.15, 0.2) is 0 Å². The van der Waals surface area contributed by atoms with E-state index >= 15 is 0 Å². The van der Waals surface area contributed by atoms with Gasteiger partial charge in [0.2, 0.25) is 0 Å². The average Bonchev–Trinajstić information content (AvgIpc) is 2.43. The monoisotopic (exact) mass is 286 g/mol. The Morgan fingerprint density at radius 2 is 0.900 bits per heavy atom. The predicted octanol–water partition coefficient (Wildman–Crippen LogP) is 6.58. The van der Waals surface area contributed by atoms with Crippen LogP contribution in [0.4, 0.5) is 0 Å². The zero-order chi connectivity index (χ0) is 15.5. The van der Waals surface area contributed by atoms with Crippen LogP contribution in [0.3, 0.4) is 0 Å². The normalized spacial score (nSPS) is 9.95. The van der Waals surface area contributed by atoms with Gasteiger partial charge in [-0.3, -0.25) is 4.79 Å². The zero-order valence-corrected chi connectivity index (χ0v) is 14.3. The van der Waals surface area contributed by atoms with E-state index in [-0.39, 0.29) is 0 Å². The highest BCUT2D eigenvalue weighted by atomic mass is 16.4. The largest absolute Gasteiger partial charge is 0.481 e. The maximum atomic E-state index is 10.0. The standard InChI is InChI=1S/C10H22.C8H16O2/c1-3-5-7-9-10-8-6-4-2;1-2-3-4-5-6-7-8(9)10/h3-10H2,1-2H3;2-7H2,1H3,(H,9,10). The Labute approximate surface area is 127 Å². The van der Waals surface area contributed by atoms with Crippen LogP contribution in [0.5, 0.6) is 0 Å². The molecule has 20 heavy (non-hydrogen) atoms. The maximum absolute atomic E-state index is 10.0. The molecule has 2 nitrogen and oxygen atoms in total. The fourth-order valence-electron chi connectivity index (χ4n) is 2.09. The molecule has 0 atom stereocenters. The minimum absolute atomic E-state index is 0.337. The summed E-state index contributed by atoms with van der Waals surface area (Å²) in [6.45, 7) is 6.69. The minimum atomic E-state index is -0.670. The molecule has 0 radical (unpaired) electrons. The van der Waals surface area contributed by atoms with Crippen LogP contribution in [-0.4, -0.2) is 11.1 Å². The maximum Gasteiger partial charge on any atom is 0.303 e. The van der Waals surface area contributed by atoms with Crippen LogP contribution in [0.2, 0.25) is 0 Å². The predicted molar refractivity (Wildman–Crippen MR) is 89.3 cm³/mol. The van der Waals surface area contributed by atoms with Gasteiger partial charge in [-0.1, -0.05) is 97.8 Å². The van der Waals surface area contributed by atoms with Gasteiger partial charge in [-0.2, -0.15) is 0 Å². The molecule has 0 aliphatic carbocycles. The molecule has 0 aliphatic heterocycles. The highest BCUT2D eigenvalue weighted by Gasteiger charge is 1.94. The molecule has 0 aromatic rings. The van der Waals surface area contributed by atoms with Gasteiger partial charge in [0.15, 0.2) is 0 Å². The molecule has 0 amide bonds. The lowest BCUT2D eigenvalue weighted by Gasteiger charge is -1.97. The molecule has 0 rings (SSSR count). The van der Waals surface area contributed by atoms with Crippen molar-refractivity contribution in [3.8, 4) is 0 Å². The Kier molecular flexibility index (Phi) is 22.6. The van der Waals surface area contributed by atoms with E-state index in [1.165, 1.54) is 70.6 Å². The third kappa shape index (κ3) is 26.1. The highest BCUT2D eigenvalue weighted by molar-refractivity contribution is 5.66. The summed E-state index contributed by atoms with van der Waals surface area (Å²) in [4.78, 5) is 10.0. The summed E-state index contributed by atoms with van der Waals surface area (Å²) < 4.78 is 0. The summed E-state index contributed by atoms with van der Waals surface area (Å²) in [5.74, 6) is -0.670. The van der Waals surface area contributed by atoms with Crippen LogP contribution < -0.4 is 0 Å². The van der Waals surface area contributed by atoms with Gasteiger partial charge in [-0.05, 0) is 6.42 Å². The van der Waals surface area contributed by atoms with E-state index in [9.17, 15) is 4.79 Å². The molecule has 0 aromatic carbocycles. The molecule has 0 aliphatic rings. The Morgan fingerprint density at radius 1 is 0.600 bits per heavy atom. The van der Waals surface area contributed by atoms with Crippen molar-refractivity contribution in [3.63, 3.8) is 0 Å². The number of carboxylic acids is 1. The lowest BCUT2D eigenvalue weighted by Crippen LogP contribution is -1.93. The van der Waals surface area contributed by atoms with Gasteiger partial charge in [0.1, 0.15) is 0 Å². The number of carboxylic acid groups (broad SMARTS) is 1. The van der Waals surface area contributed by atoms with Gasteiger partial charge in [0, 0.05) is 6.42 Å². The second kappa shape index (κ2) is 20.8. The second-order valence-corrected chi connectivity index (χ2v) is 5.68. The van der Waals surface area contributed by atoms with Gasteiger partial charge in [-0.15, -0.1) is 0 Å². The number of unbranched alkanes of at least 4 members (excludes halogenated alkanes) is 11. The van der Waals surface area contributed by atoms with E-state index in [0.29, 0.717) is 6.42 Å². The molecule has 1 N–H and O–H groups in total. The number of rotatable bonds is 13. The Hall–Kier alpha value is -0.530. The van der Waals surface area contributed by atoms with E-state index in [2.05, 4.69) is 20.8 Å². The van der Waals surface area contributed by atoms with Crippen molar-refractivity contribution in [2.24, 2.45) is 0 Å². The fourth-order valence-corrected chi connectivity index (χ4v) is 2.09. The Morgan fingerprint density at radius 3 is 1.20 bits per heavy atom. The van der Waals surface area contributed by atoms with Crippen LogP contribution in [0.25, 0.3) is 0 Å². The molecule has 0 saturated heterocycles. The lowest BCUT2D eigenvalue weighted by atomic mass is 10.1. The summed E-state index contributed by atoms with van der Waals surface area (Å²) in [5, 5.41) is 8.27. The molecular formula is C18H38O2. The molecule has 122 valence electrons. The summed E-state index contributed by atoms with van der Waals surface area (Å²) >= 11 is 0. The van der Waals surface area contributed by atoms with Gasteiger partial charge >= 0.3 is 5.97 Å². The van der Waals surface area contributed by atoms with E-state index < -0.39 is 5.97 Å². The summed E-state index contributed by atoms with van der Waals surface area (Å²) in [6, 6.07) is 0. The lowest BCUT2D eigenvalue weighted by molar-refractivity contribution is -0.137. The molecule has 0 unspecified atom stereocenters. The molecule has 0 spiro atoms. The van der Waals surface area contributed by atoms with Crippen LogP contribution in [0.1, 0.15) is 111 Å². The van der Waals surface area contributed by atoms with Crippen molar-refractivity contribution < 1.29 is 9.90 Å². The van der Waals surface area contributed by atoms with Crippen molar-refractivity contribution in [1.29, 1.82) is 0 Å². The SMILES string of the molecule is CCCCCCCC(=O)O.CCCCCCCCCC. The highest BCUT2D eigenvalue weighted by Crippen LogP contribution is 2.07. The zero-order valence-electron chi connectivity index (χ0n) is 14.3. The third-order valence-corrected chi connectivity index (χ3v) is 3.45. The Balaban J connectivity index is 0. The van der Waals surface area contributed by atoms with E-state index in [0.717, 1.165) is 12.8 Å². The molecule has 0 heterocycles. The molecule has 2 heteroatoms. The van der Waals surface area contributed by atoms with Crippen LogP contribution in [0, 0.1) is 0 Å². The summed E-state index contributed by atoms with van der Waals surface area (Å²) in [5.41, 5.74) is 0. The number of aliphatic carboxylic acids is 1. The smallest absolute Gasteiger partial charge is 0.303 e. The van der Waals surface area contributed by atoms with Crippen LogP contribution in [-0.2, 0) is 4.79 Å². The molecule has 0 saturated carbocycles. The quantitative estimate of drug-likeness (QED) is 0.388. The summed E-state index contributed by atoms with van der Waals surface area (Å²) in [7, 11) is 0. The van der Waals surface area contributed by atoms with Gasteiger partial charge in [-0.25, -0.2) is 0 Å². The number of hydrogen-bond donors (Lipinski definition) is 1. The molecule has 0 fully saturated rings. The van der Waals surface area contributed by atoms with E-state index in [1.807, 2.05) is 0 Å². The second-order valence-electron chi connectivity index (χ2n) is 5.68. The van der Waals surface area contributed by atoms with Crippen molar-refractivity contribution in [1.82, 2.24) is 0 Å². The molecular weight excluding hydrogens is 248 g/mol. The average molecular weight is 286 g/mol. The first kappa shape index (κ1) is 21.8. The molecule has 0 aromatic heterocycles. The third-order valence-electron chi connectivity index (χ3n) is 3.45. The van der Waals surface area contributed by atoms with Crippen molar-refractivity contribution in [2.45, 2.75) is 111 Å². The molecule has 0 bridgehead atoms. The van der Waals surface area contributed by atoms with Crippen LogP contribution >= 0.6 is 0 Å². The van der Waals surface area contributed by atoms with Crippen molar-refractivity contribution >= 4 is 5.97 Å². The minimum Gasteiger partial charge on any atom is -0.481 e.